The SMILES string of the molecule is CC(CCO)SCc1ccc(CN)o1. The van der Waals surface area contributed by atoms with Crippen molar-refractivity contribution in [3.05, 3.63) is 23.7 Å². The highest BCUT2D eigenvalue weighted by Crippen LogP contribution is 2.20. The fourth-order valence-corrected chi connectivity index (χ4v) is 1.98. The van der Waals surface area contributed by atoms with Gasteiger partial charge in [-0.15, -0.1) is 0 Å². The summed E-state index contributed by atoms with van der Waals surface area (Å²) in [7, 11) is 0. The van der Waals surface area contributed by atoms with E-state index < -0.39 is 0 Å². The summed E-state index contributed by atoms with van der Waals surface area (Å²) in [6.45, 7) is 2.81. The maximum Gasteiger partial charge on any atom is 0.117 e. The van der Waals surface area contributed by atoms with Crippen LogP contribution < -0.4 is 5.73 Å². The predicted molar refractivity (Wildman–Crippen MR) is 59.1 cm³/mol. The van der Waals surface area contributed by atoms with Crippen LogP contribution in [0.1, 0.15) is 24.9 Å². The summed E-state index contributed by atoms with van der Waals surface area (Å²) >= 11 is 1.78. The van der Waals surface area contributed by atoms with E-state index in [1.165, 1.54) is 0 Å². The van der Waals surface area contributed by atoms with Crippen LogP contribution in [0.15, 0.2) is 16.5 Å². The van der Waals surface area contributed by atoms with E-state index in [4.69, 9.17) is 15.3 Å². The lowest BCUT2D eigenvalue weighted by atomic mass is 10.3. The van der Waals surface area contributed by atoms with Crippen molar-refractivity contribution in [2.75, 3.05) is 6.61 Å². The quantitative estimate of drug-likeness (QED) is 0.759. The molecule has 0 amide bonds. The molecule has 1 unspecified atom stereocenters. The molecule has 1 heterocycles. The standard InChI is InChI=1S/C10H17NO2S/c1-8(4-5-12)14-7-10-3-2-9(6-11)13-10/h2-3,8,12H,4-7,11H2,1H3. The Balaban J connectivity index is 2.30. The molecule has 3 nitrogen and oxygen atoms in total. The predicted octanol–water partition coefficient (Wildman–Crippen LogP) is 1.74. The number of aliphatic hydroxyl groups is 1. The van der Waals surface area contributed by atoms with E-state index in [2.05, 4.69) is 6.92 Å². The topological polar surface area (TPSA) is 59.4 Å². The molecule has 4 heteroatoms. The summed E-state index contributed by atoms with van der Waals surface area (Å²) in [5.41, 5.74) is 5.43. The maximum atomic E-state index is 8.72. The molecule has 0 bridgehead atoms. The van der Waals surface area contributed by atoms with Crippen molar-refractivity contribution in [1.82, 2.24) is 0 Å². The van der Waals surface area contributed by atoms with Crippen molar-refractivity contribution >= 4 is 11.8 Å². The summed E-state index contributed by atoms with van der Waals surface area (Å²) < 4.78 is 5.45. The van der Waals surface area contributed by atoms with Crippen LogP contribution in [0, 0.1) is 0 Å². The summed E-state index contributed by atoms with van der Waals surface area (Å²) in [6, 6.07) is 3.87. The largest absolute Gasteiger partial charge is 0.464 e. The summed E-state index contributed by atoms with van der Waals surface area (Å²) in [5.74, 6) is 2.64. The van der Waals surface area contributed by atoms with Gasteiger partial charge in [0.05, 0.1) is 12.3 Å². The Labute approximate surface area is 88.7 Å². The van der Waals surface area contributed by atoms with Gasteiger partial charge in [0.2, 0.25) is 0 Å². The van der Waals surface area contributed by atoms with Gasteiger partial charge < -0.3 is 15.3 Å². The molecule has 1 aromatic rings. The van der Waals surface area contributed by atoms with Crippen LogP contribution in [0.3, 0.4) is 0 Å². The minimum absolute atomic E-state index is 0.250. The van der Waals surface area contributed by atoms with E-state index in [-0.39, 0.29) is 6.61 Å². The first-order chi connectivity index (χ1) is 6.76. The highest BCUT2D eigenvalue weighted by Gasteiger charge is 2.05. The maximum absolute atomic E-state index is 8.72. The van der Waals surface area contributed by atoms with Crippen LogP contribution in [0.25, 0.3) is 0 Å². The molecule has 80 valence electrons. The molecule has 0 saturated carbocycles. The molecule has 14 heavy (non-hydrogen) atoms. The highest BCUT2D eigenvalue weighted by molar-refractivity contribution is 7.99. The van der Waals surface area contributed by atoms with Gasteiger partial charge in [-0.25, -0.2) is 0 Å². The molecule has 0 saturated heterocycles. The molecule has 1 aromatic heterocycles. The number of nitrogens with two attached hydrogens (primary N) is 1. The van der Waals surface area contributed by atoms with Gasteiger partial charge in [0, 0.05) is 11.9 Å². The lowest BCUT2D eigenvalue weighted by molar-refractivity contribution is 0.289. The first-order valence-electron chi connectivity index (χ1n) is 4.76. The Morgan fingerprint density at radius 1 is 1.50 bits per heavy atom. The molecule has 1 atom stereocenters. The first kappa shape index (κ1) is 11.6. The number of hydrogen-bond acceptors (Lipinski definition) is 4. The minimum Gasteiger partial charge on any atom is -0.464 e. The van der Waals surface area contributed by atoms with Crippen LogP contribution in [0.4, 0.5) is 0 Å². The van der Waals surface area contributed by atoms with Crippen LogP contribution in [-0.4, -0.2) is 17.0 Å². The van der Waals surface area contributed by atoms with E-state index >= 15 is 0 Å². The van der Waals surface area contributed by atoms with E-state index in [0.717, 1.165) is 23.7 Å². The van der Waals surface area contributed by atoms with E-state index in [0.29, 0.717) is 11.8 Å². The molecular weight excluding hydrogens is 198 g/mol. The molecule has 0 spiro atoms. The van der Waals surface area contributed by atoms with Crippen LogP contribution in [0.2, 0.25) is 0 Å². The van der Waals surface area contributed by atoms with Gasteiger partial charge in [-0.2, -0.15) is 11.8 Å². The third kappa shape index (κ3) is 3.74. The number of furan rings is 1. The van der Waals surface area contributed by atoms with Gasteiger partial charge in [-0.1, -0.05) is 6.92 Å². The lowest BCUT2D eigenvalue weighted by Crippen LogP contribution is -1.99. The summed E-state index contributed by atoms with van der Waals surface area (Å²) in [5, 5.41) is 9.19. The number of aliphatic hydroxyl groups excluding tert-OH is 1. The van der Waals surface area contributed by atoms with Gasteiger partial charge in [0.15, 0.2) is 0 Å². The van der Waals surface area contributed by atoms with Gasteiger partial charge >= 0.3 is 0 Å². The van der Waals surface area contributed by atoms with Crippen LogP contribution in [-0.2, 0) is 12.3 Å². The smallest absolute Gasteiger partial charge is 0.117 e. The zero-order valence-electron chi connectivity index (χ0n) is 8.40. The first-order valence-corrected chi connectivity index (χ1v) is 5.81. The van der Waals surface area contributed by atoms with Crippen molar-refractivity contribution in [1.29, 1.82) is 0 Å². The van der Waals surface area contributed by atoms with Gasteiger partial charge in [0.25, 0.3) is 0 Å². The monoisotopic (exact) mass is 215 g/mol. The third-order valence-electron chi connectivity index (χ3n) is 1.96. The average Bonchev–Trinajstić information content (AvgIpc) is 2.63. The molecular formula is C10H17NO2S. The molecule has 0 aliphatic carbocycles. The Bertz CT molecular complexity index is 262. The van der Waals surface area contributed by atoms with E-state index in [1.807, 2.05) is 12.1 Å². The number of hydrogen-bond donors (Lipinski definition) is 2. The Morgan fingerprint density at radius 2 is 2.21 bits per heavy atom. The molecule has 3 N–H and O–H groups in total. The van der Waals surface area contributed by atoms with Gasteiger partial charge in [-0.05, 0) is 18.6 Å². The molecule has 0 aliphatic heterocycles. The fourth-order valence-electron chi connectivity index (χ4n) is 1.10. The van der Waals surface area contributed by atoms with Crippen molar-refractivity contribution in [3.63, 3.8) is 0 Å². The summed E-state index contributed by atoms with van der Waals surface area (Å²) in [4.78, 5) is 0. The average molecular weight is 215 g/mol. The normalized spacial score (nSPS) is 13.1. The Hall–Kier alpha value is -0.450. The van der Waals surface area contributed by atoms with E-state index in [1.54, 1.807) is 11.8 Å². The summed E-state index contributed by atoms with van der Waals surface area (Å²) in [6.07, 6.45) is 0.828. The van der Waals surface area contributed by atoms with Gasteiger partial charge in [-0.3, -0.25) is 0 Å². The lowest BCUT2D eigenvalue weighted by Gasteiger charge is -2.07. The zero-order valence-corrected chi connectivity index (χ0v) is 9.22. The van der Waals surface area contributed by atoms with Crippen molar-refractivity contribution in [3.8, 4) is 0 Å². The second-order valence-corrected chi connectivity index (χ2v) is 4.63. The number of rotatable bonds is 6. The second-order valence-electron chi connectivity index (χ2n) is 3.21. The molecule has 0 aliphatic rings. The van der Waals surface area contributed by atoms with E-state index in [9.17, 15) is 0 Å². The van der Waals surface area contributed by atoms with Crippen LogP contribution >= 0.6 is 11.8 Å². The Kier molecular flexibility index (Phi) is 5.07. The minimum atomic E-state index is 0.250. The fraction of sp³-hybridized carbons (Fsp3) is 0.600. The molecule has 0 radical (unpaired) electrons. The number of thioether (sulfide) groups is 1. The molecule has 0 fully saturated rings. The molecule has 1 rings (SSSR count). The third-order valence-corrected chi connectivity index (χ3v) is 3.22. The molecule has 0 aromatic carbocycles. The van der Waals surface area contributed by atoms with Crippen LogP contribution in [0.5, 0.6) is 0 Å². The second kappa shape index (κ2) is 6.11. The Morgan fingerprint density at radius 3 is 2.79 bits per heavy atom. The van der Waals surface area contributed by atoms with Crippen molar-refractivity contribution < 1.29 is 9.52 Å². The van der Waals surface area contributed by atoms with Gasteiger partial charge in [0.1, 0.15) is 11.5 Å². The van der Waals surface area contributed by atoms with Crippen molar-refractivity contribution in [2.45, 2.75) is 30.9 Å². The van der Waals surface area contributed by atoms with Crippen molar-refractivity contribution in [2.24, 2.45) is 5.73 Å². The highest BCUT2D eigenvalue weighted by atomic mass is 32.2. The zero-order chi connectivity index (χ0) is 10.4.